The molecule has 0 rings (SSSR count). The topological polar surface area (TPSA) is 41.1 Å². The molecule has 2 N–H and O–H groups in total. The first-order chi connectivity index (χ1) is 7.52. The van der Waals surface area contributed by atoms with Gasteiger partial charge in [0.15, 0.2) is 0 Å². The summed E-state index contributed by atoms with van der Waals surface area (Å²) in [6.45, 7) is 16.6. The Bertz CT molecular complexity index is 236. The maximum atomic E-state index is 11.6. The van der Waals surface area contributed by atoms with Crippen LogP contribution >= 0.6 is 0 Å². The van der Waals surface area contributed by atoms with Crippen LogP contribution in [0.4, 0.5) is 0 Å². The summed E-state index contributed by atoms with van der Waals surface area (Å²) in [5, 5.41) is 6.31. The van der Waals surface area contributed by atoms with E-state index in [1.54, 1.807) is 0 Å². The highest BCUT2D eigenvalue weighted by molar-refractivity contribution is 5.76. The Kier molecular flexibility index (Phi) is 6.17. The van der Waals surface area contributed by atoms with Gasteiger partial charge in [0, 0.05) is 25.0 Å². The highest BCUT2D eigenvalue weighted by Gasteiger charge is 2.20. The first-order valence-corrected chi connectivity index (χ1v) is 6.54. The van der Waals surface area contributed by atoms with Gasteiger partial charge in [-0.3, -0.25) is 4.79 Å². The molecule has 0 radical (unpaired) electrons. The van der Waals surface area contributed by atoms with Crippen molar-refractivity contribution >= 4 is 5.91 Å². The third-order valence-electron chi connectivity index (χ3n) is 3.09. The number of nitrogens with one attached hydrogen (secondary N) is 2. The largest absolute Gasteiger partial charge is 0.356 e. The minimum Gasteiger partial charge on any atom is -0.356 e. The van der Waals surface area contributed by atoms with Gasteiger partial charge in [0.05, 0.1) is 0 Å². The first-order valence-electron chi connectivity index (χ1n) is 6.54. The molecule has 0 saturated heterocycles. The van der Waals surface area contributed by atoms with E-state index in [0.717, 1.165) is 13.1 Å². The molecule has 17 heavy (non-hydrogen) atoms. The molecule has 0 spiro atoms. The third-order valence-corrected chi connectivity index (χ3v) is 3.09. The molecule has 0 aromatic heterocycles. The molecule has 0 aromatic carbocycles. The maximum Gasteiger partial charge on any atom is 0.221 e. The number of amides is 1. The summed E-state index contributed by atoms with van der Waals surface area (Å²) >= 11 is 0. The van der Waals surface area contributed by atoms with E-state index < -0.39 is 0 Å². The molecule has 102 valence electrons. The summed E-state index contributed by atoms with van der Waals surface area (Å²) in [5.74, 6) is 0.625. The van der Waals surface area contributed by atoms with Crippen molar-refractivity contribution in [3.63, 3.8) is 0 Å². The molecule has 0 aromatic rings. The molecule has 1 unspecified atom stereocenters. The van der Waals surface area contributed by atoms with Crippen molar-refractivity contribution in [3.05, 3.63) is 0 Å². The fourth-order valence-electron chi connectivity index (χ4n) is 1.21. The van der Waals surface area contributed by atoms with Crippen molar-refractivity contribution in [2.45, 2.75) is 60.4 Å². The Morgan fingerprint density at radius 3 is 2.06 bits per heavy atom. The standard InChI is InChI=1S/C14H30N2O/c1-11(13(2,3)4)10-15-12(17)8-9-16-14(5,6)7/h11,16H,8-10H2,1-7H3,(H,15,17). The number of rotatable bonds is 5. The van der Waals surface area contributed by atoms with E-state index in [0.29, 0.717) is 12.3 Å². The van der Waals surface area contributed by atoms with E-state index in [9.17, 15) is 4.79 Å². The molecule has 3 nitrogen and oxygen atoms in total. The lowest BCUT2D eigenvalue weighted by atomic mass is 9.82. The van der Waals surface area contributed by atoms with Gasteiger partial charge in [-0.05, 0) is 32.1 Å². The zero-order valence-electron chi connectivity index (χ0n) is 12.6. The Hall–Kier alpha value is -0.570. The average Bonchev–Trinajstić information content (AvgIpc) is 2.10. The molecule has 1 amide bonds. The predicted octanol–water partition coefficient (Wildman–Crippen LogP) is 2.56. The van der Waals surface area contributed by atoms with Gasteiger partial charge in [0.2, 0.25) is 5.91 Å². The second-order valence-electron chi connectivity index (χ2n) is 7.00. The van der Waals surface area contributed by atoms with Crippen molar-refractivity contribution in [1.82, 2.24) is 10.6 Å². The fourth-order valence-corrected chi connectivity index (χ4v) is 1.21. The number of carbonyl (C=O) groups is 1. The Labute approximate surface area is 107 Å². The maximum absolute atomic E-state index is 11.6. The lowest BCUT2D eigenvalue weighted by molar-refractivity contribution is -0.121. The monoisotopic (exact) mass is 242 g/mol. The quantitative estimate of drug-likeness (QED) is 0.778. The van der Waals surface area contributed by atoms with Crippen LogP contribution < -0.4 is 10.6 Å². The predicted molar refractivity (Wildman–Crippen MR) is 74.0 cm³/mol. The summed E-state index contributed by atoms with van der Waals surface area (Å²) in [6.07, 6.45) is 0.550. The second-order valence-corrected chi connectivity index (χ2v) is 7.00. The highest BCUT2D eigenvalue weighted by atomic mass is 16.1. The van der Waals surface area contributed by atoms with E-state index in [1.807, 2.05) is 0 Å². The van der Waals surface area contributed by atoms with E-state index in [-0.39, 0.29) is 16.9 Å². The number of hydrogen-bond acceptors (Lipinski definition) is 2. The molecule has 0 bridgehead atoms. The molecule has 0 heterocycles. The van der Waals surface area contributed by atoms with E-state index >= 15 is 0 Å². The zero-order valence-corrected chi connectivity index (χ0v) is 12.6. The molecule has 0 fully saturated rings. The third kappa shape index (κ3) is 9.16. The minimum atomic E-state index is 0.0823. The van der Waals surface area contributed by atoms with Crippen molar-refractivity contribution in [1.29, 1.82) is 0 Å². The van der Waals surface area contributed by atoms with Gasteiger partial charge in [-0.2, -0.15) is 0 Å². The van der Waals surface area contributed by atoms with Crippen molar-refractivity contribution in [2.75, 3.05) is 13.1 Å². The Morgan fingerprint density at radius 2 is 1.65 bits per heavy atom. The average molecular weight is 242 g/mol. The van der Waals surface area contributed by atoms with Crippen LogP contribution in [0.25, 0.3) is 0 Å². The van der Waals surface area contributed by atoms with Gasteiger partial charge in [-0.25, -0.2) is 0 Å². The normalized spacial score (nSPS) is 14.5. The molecule has 0 saturated carbocycles. The summed E-state index contributed by atoms with van der Waals surface area (Å²) < 4.78 is 0. The van der Waals surface area contributed by atoms with Gasteiger partial charge in [0.25, 0.3) is 0 Å². The second kappa shape index (κ2) is 6.39. The number of carbonyl (C=O) groups excluding carboxylic acids is 1. The molecule has 0 aliphatic rings. The fraction of sp³-hybridized carbons (Fsp3) is 0.929. The number of hydrogen-bond donors (Lipinski definition) is 2. The van der Waals surface area contributed by atoms with Gasteiger partial charge < -0.3 is 10.6 Å². The summed E-state index contributed by atoms with van der Waals surface area (Å²) in [5.41, 5.74) is 0.329. The van der Waals surface area contributed by atoms with Crippen LogP contribution in [0.15, 0.2) is 0 Å². The van der Waals surface area contributed by atoms with Crippen molar-refractivity contribution < 1.29 is 4.79 Å². The molecule has 0 aliphatic carbocycles. The minimum absolute atomic E-state index is 0.0823. The summed E-state index contributed by atoms with van der Waals surface area (Å²) in [4.78, 5) is 11.6. The van der Waals surface area contributed by atoms with Crippen LogP contribution in [0.2, 0.25) is 0 Å². The van der Waals surface area contributed by atoms with E-state index in [2.05, 4.69) is 59.1 Å². The molecular weight excluding hydrogens is 212 g/mol. The van der Waals surface area contributed by atoms with Gasteiger partial charge in [-0.1, -0.05) is 27.7 Å². The van der Waals surface area contributed by atoms with Crippen LogP contribution in [-0.2, 0) is 4.79 Å². The Morgan fingerprint density at radius 1 is 1.12 bits per heavy atom. The first kappa shape index (κ1) is 16.4. The van der Waals surface area contributed by atoms with Crippen LogP contribution in [0.3, 0.4) is 0 Å². The highest BCUT2D eigenvalue weighted by Crippen LogP contribution is 2.24. The van der Waals surface area contributed by atoms with Crippen LogP contribution in [0.5, 0.6) is 0 Å². The van der Waals surface area contributed by atoms with Crippen molar-refractivity contribution in [3.8, 4) is 0 Å². The van der Waals surface area contributed by atoms with Crippen LogP contribution in [-0.4, -0.2) is 24.5 Å². The summed E-state index contributed by atoms with van der Waals surface area (Å²) in [7, 11) is 0. The van der Waals surface area contributed by atoms with Crippen LogP contribution in [0, 0.1) is 11.3 Å². The van der Waals surface area contributed by atoms with Crippen molar-refractivity contribution in [2.24, 2.45) is 11.3 Å². The smallest absolute Gasteiger partial charge is 0.221 e. The summed E-state index contributed by atoms with van der Waals surface area (Å²) in [6, 6.07) is 0. The molecule has 1 atom stereocenters. The van der Waals surface area contributed by atoms with Gasteiger partial charge >= 0.3 is 0 Å². The van der Waals surface area contributed by atoms with E-state index in [1.165, 1.54) is 0 Å². The molecule has 0 aliphatic heterocycles. The Balaban J connectivity index is 3.75. The zero-order chi connectivity index (χ0) is 13.7. The lowest BCUT2D eigenvalue weighted by Crippen LogP contribution is -2.39. The van der Waals surface area contributed by atoms with Gasteiger partial charge in [-0.15, -0.1) is 0 Å². The van der Waals surface area contributed by atoms with Crippen LogP contribution in [0.1, 0.15) is 54.9 Å². The van der Waals surface area contributed by atoms with Gasteiger partial charge in [0.1, 0.15) is 0 Å². The SMILES string of the molecule is CC(CNC(=O)CCNC(C)(C)C)C(C)(C)C. The molecule has 3 heteroatoms. The molecular formula is C14H30N2O. The lowest BCUT2D eigenvalue weighted by Gasteiger charge is -2.27. The van der Waals surface area contributed by atoms with E-state index in [4.69, 9.17) is 0 Å².